The molecule has 0 atom stereocenters. The largest absolute Gasteiger partial charge is 0.465 e. The van der Waals surface area contributed by atoms with Crippen LogP contribution in [-0.2, 0) is 16.0 Å². The number of carbonyl (C=O) groups is 1. The molecule has 0 amide bonds. The van der Waals surface area contributed by atoms with E-state index in [9.17, 15) is 4.79 Å². The predicted octanol–water partition coefficient (Wildman–Crippen LogP) is 4.13. The summed E-state index contributed by atoms with van der Waals surface area (Å²) in [5.41, 5.74) is 1.36. The molecule has 2 heteroatoms. The van der Waals surface area contributed by atoms with Crippen LogP contribution in [0, 0.1) is 5.92 Å². The summed E-state index contributed by atoms with van der Waals surface area (Å²) in [7, 11) is 0. The summed E-state index contributed by atoms with van der Waals surface area (Å²) in [6, 6.07) is 10.5. The highest BCUT2D eigenvalue weighted by Crippen LogP contribution is 2.24. The minimum atomic E-state index is 0.0411. The van der Waals surface area contributed by atoms with E-state index in [-0.39, 0.29) is 11.9 Å². The van der Waals surface area contributed by atoms with Gasteiger partial charge in [-0.1, -0.05) is 49.6 Å². The predicted molar refractivity (Wildman–Crippen MR) is 76.9 cm³/mol. The van der Waals surface area contributed by atoms with Crippen LogP contribution in [0.15, 0.2) is 30.3 Å². The van der Waals surface area contributed by atoms with Crippen molar-refractivity contribution in [3.63, 3.8) is 0 Å². The molecule has 0 unspecified atom stereocenters. The first-order valence-electron chi connectivity index (χ1n) is 7.57. The van der Waals surface area contributed by atoms with Gasteiger partial charge in [0.2, 0.25) is 0 Å². The first-order valence-corrected chi connectivity index (χ1v) is 7.57. The van der Waals surface area contributed by atoms with Crippen molar-refractivity contribution in [3.05, 3.63) is 35.9 Å². The van der Waals surface area contributed by atoms with Crippen molar-refractivity contribution in [2.75, 3.05) is 6.61 Å². The summed E-state index contributed by atoms with van der Waals surface area (Å²) in [6.07, 6.45) is 8.84. The molecular weight excluding hydrogens is 236 g/mol. The molecule has 0 aromatic heterocycles. The number of aryl methyl sites for hydroxylation is 1. The second-order valence-electron chi connectivity index (χ2n) is 5.45. The van der Waals surface area contributed by atoms with Gasteiger partial charge >= 0.3 is 5.97 Å². The molecule has 0 aliphatic heterocycles. The summed E-state index contributed by atoms with van der Waals surface area (Å²) in [5, 5.41) is 0. The SMILES string of the molecule is O=C(OCCCCc1ccccc1)C1CCCCC1. The second-order valence-corrected chi connectivity index (χ2v) is 5.45. The molecule has 1 aliphatic rings. The van der Waals surface area contributed by atoms with Gasteiger partial charge in [0.05, 0.1) is 12.5 Å². The highest BCUT2D eigenvalue weighted by atomic mass is 16.5. The van der Waals surface area contributed by atoms with Crippen molar-refractivity contribution in [1.82, 2.24) is 0 Å². The zero-order valence-corrected chi connectivity index (χ0v) is 11.6. The van der Waals surface area contributed by atoms with Crippen LogP contribution < -0.4 is 0 Å². The van der Waals surface area contributed by atoms with Crippen LogP contribution in [-0.4, -0.2) is 12.6 Å². The van der Waals surface area contributed by atoms with Gasteiger partial charge in [-0.25, -0.2) is 0 Å². The Hall–Kier alpha value is -1.31. The van der Waals surface area contributed by atoms with Crippen LogP contribution in [0.1, 0.15) is 50.5 Å². The maximum absolute atomic E-state index is 11.8. The Labute approximate surface area is 116 Å². The summed E-state index contributed by atoms with van der Waals surface area (Å²) >= 11 is 0. The van der Waals surface area contributed by atoms with E-state index in [1.54, 1.807) is 0 Å². The minimum Gasteiger partial charge on any atom is -0.465 e. The third-order valence-electron chi connectivity index (χ3n) is 3.89. The third kappa shape index (κ3) is 5.06. The molecule has 0 N–H and O–H groups in total. The molecule has 1 saturated carbocycles. The van der Waals surface area contributed by atoms with Gasteiger partial charge in [0.15, 0.2) is 0 Å². The van der Waals surface area contributed by atoms with E-state index in [0.717, 1.165) is 32.1 Å². The van der Waals surface area contributed by atoms with Crippen LogP contribution in [0.2, 0.25) is 0 Å². The molecule has 0 bridgehead atoms. The lowest BCUT2D eigenvalue weighted by Crippen LogP contribution is -2.20. The molecular formula is C17H24O2. The van der Waals surface area contributed by atoms with Gasteiger partial charge in [-0.2, -0.15) is 0 Å². The number of benzene rings is 1. The molecule has 1 aromatic rings. The van der Waals surface area contributed by atoms with Gasteiger partial charge in [-0.05, 0) is 37.7 Å². The topological polar surface area (TPSA) is 26.3 Å². The van der Waals surface area contributed by atoms with E-state index in [1.807, 2.05) is 6.07 Å². The Morgan fingerprint density at radius 1 is 1.05 bits per heavy atom. The van der Waals surface area contributed by atoms with E-state index in [0.29, 0.717) is 6.61 Å². The molecule has 1 aromatic carbocycles. The fourth-order valence-electron chi connectivity index (χ4n) is 2.70. The van der Waals surface area contributed by atoms with Crippen molar-refractivity contribution < 1.29 is 9.53 Å². The number of rotatable bonds is 6. The molecule has 19 heavy (non-hydrogen) atoms. The van der Waals surface area contributed by atoms with Gasteiger partial charge in [0.1, 0.15) is 0 Å². The summed E-state index contributed by atoms with van der Waals surface area (Å²) in [4.78, 5) is 11.8. The zero-order valence-electron chi connectivity index (χ0n) is 11.6. The van der Waals surface area contributed by atoms with Gasteiger partial charge in [-0.15, -0.1) is 0 Å². The first kappa shape index (κ1) is 14.1. The van der Waals surface area contributed by atoms with E-state index >= 15 is 0 Å². The number of carbonyl (C=O) groups excluding carboxylic acids is 1. The molecule has 2 nitrogen and oxygen atoms in total. The van der Waals surface area contributed by atoms with Gasteiger partial charge in [0, 0.05) is 0 Å². The lowest BCUT2D eigenvalue weighted by molar-refractivity contribution is -0.149. The van der Waals surface area contributed by atoms with Crippen molar-refractivity contribution >= 4 is 5.97 Å². The highest BCUT2D eigenvalue weighted by molar-refractivity contribution is 5.72. The minimum absolute atomic E-state index is 0.0411. The van der Waals surface area contributed by atoms with Crippen LogP contribution in [0.25, 0.3) is 0 Å². The van der Waals surface area contributed by atoms with Crippen LogP contribution in [0.3, 0.4) is 0 Å². The smallest absolute Gasteiger partial charge is 0.308 e. The third-order valence-corrected chi connectivity index (χ3v) is 3.89. The number of hydrogen-bond donors (Lipinski definition) is 0. The van der Waals surface area contributed by atoms with E-state index in [1.165, 1.54) is 24.8 Å². The van der Waals surface area contributed by atoms with Crippen LogP contribution in [0.4, 0.5) is 0 Å². The van der Waals surface area contributed by atoms with Gasteiger partial charge in [-0.3, -0.25) is 4.79 Å². The van der Waals surface area contributed by atoms with E-state index < -0.39 is 0 Å². The first-order chi connectivity index (χ1) is 9.36. The number of unbranched alkanes of at least 4 members (excludes halogenated alkanes) is 1. The van der Waals surface area contributed by atoms with Crippen LogP contribution >= 0.6 is 0 Å². The molecule has 1 aliphatic carbocycles. The normalized spacial score (nSPS) is 16.2. The molecule has 2 rings (SSSR count). The Kier molecular flexibility index (Phi) is 5.93. The Bertz CT molecular complexity index is 366. The van der Waals surface area contributed by atoms with Crippen molar-refractivity contribution in [2.45, 2.75) is 51.4 Å². The van der Waals surface area contributed by atoms with Crippen LogP contribution in [0.5, 0.6) is 0 Å². The highest BCUT2D eigenvalue weighted by Gasteiger charge is 2.21. The summed E-state index contributed by atoms with van der Waals surface area (Å²) in [5.74, 6) is 0.224. The zero-order chi connectivity index (χ0) is 13.3. The van der Waals surface area contributed by atoms with E-state index in [2.05, 4.69) is 24.3 Å². The number of esters is 1. The average molecular weight is 260 g/mol. The fourth-order valence-corrected chi connectivity index (χ4v) is 2.70. The molecule has 0 spiro atoms. The molecule has 0 saturated heterocycles. The Morgan fingerprint density at radius 3 is 2.53 bits per heavy atom. The standard InChI is InChI=1S/C17H24O2/c18-17(16-12-5-2-6-13-16)19-14-8-7-11-15-9-3-1-4-10-15/h1,3-4,9-10,16H,2,5-8,11-14H2. The van der Waals surface area contributed by atoms with Crippen molar-refractivity contribution in [3.8, 4) is 0 Å². The molecule has 104 valence electrons. The Morgan fingerprint density at radius 2 is 1.79 bits per heavy atom. The summed E-state index contributed by atoms with van der Waals surface area (Å²) in [6.45, 7) is 0.585. The Balaban J connectivity index is 1.55. The lowest BCUT2D eigenvalue weighted by Gasteiger charge is -2.19. The lowest BCUT2D eigenvalue weighted by atomic mass is 9.89. The monoisotopic (exact) mass is 260 g/mol. The number of hydrogen-bond acceptors (Lipinski definition) is 2. The maximum Gasteiger partial charge on any atom is 0.308 e. The molecule has 0 heterocycles. The maximum atomic E-state index is 11.8. The summed E-state index contributed by atoms with van der Waals surface area (Å²) < 4.78 is 5.38. The van der Waals surface area contributed by atoms with Gasteiger partial charge in [0.25, 0.3) is 0 Å². The second kappa shape index (κ2) is 7.98. The quantitative estimate of drug-likeness (QED) is 0.568. The number of ether oxygens (including phenoxy) is 1. The average Bonchev–Trinajstić information content (AvgIpc) is 2.49. The fraction of sp³-hybridized carbons (Fsp3) is 0.588. The molecule has 1 fully saturated rings. The van der Waals surface area contributed by atoms with E-state index in [4.69, 9.17) is 4.74 Å². The van der Waals surface area contributed by atoms with Crippen molar-refractivity contribution in [1.29, 1.82) is 0 Å². The van der Waals surface area contributed by atoms with Crippen molar-refractivity contribution in [2.24, 2.45) is 5.92 Å². The molecule has 0 radical (unpaired) electrons. The van der Waals surface area contributed by atoms with Gasteiger partial charge < -0.3 is 4.74 Å².